The molecule has 0 bridgehead atoms. The Kier molecular flexibility index (Phi) is 3.76. The normalized spacial score (nSPS) is 12.4. The molecule has 1 heterocycles. The fourth-order valence-electron chi connectivity index (χ4n) is 1.00. The van der Waals surface area contributed by atoms with Gasteiger partial charge in [-0.1, -0.05) is 10.8 Å². The molecule has 0 aliphatic carbocycles. The van der Waals surface area contributed by atoms with Crippen molar-refractivity contribution in [3.63, 3.8) is 0 Å². The van der Waals surface area contributed by atoms with E-state index in [0.29, 0.717) is 11.3 Å². The Balaban J connectivity index is 2.65. The summed E-state index contributed by atoms with van der Waals surface area (Å²) in [5, 5.41) is 2.38. The highest BCUT2D eigenvalue weighted by Crippen LogP contribution is 2.21. The van der Waals surface area contributed by atoms with E-state index in [9.17, 15) is 17.7 Å². The van der Waals surface area contributed by atoms with Crippen LogP contribution in [0.5, 0.6) is 0 Å². The van der Waals surface area contributed by atoms with Gasteiger partial charge in [0, 0.05) is 0 Å². The number of carbonyl (C=O) groups is 1. The van der Waals surface area contributed by atoms with Gasteiger partial charge in [0.05, 0.1) is 5.00 Å². The maximum atomic E-state index is 12.3. The number of nitrogens with one attached hydrogen (secondary N) is 1. The fraction of sp³-hybridized carbons (Fsp3) is 0.444. The van der Waals surface area contributed by atoms with Crippen molar-refractivity contribution in [1.29, 1.82) is 0 Å². The lowest BCUT2D eigenvalue weighted by Gasteiger charge is -2.19. The molecule has 1 aromatic heterocycles. The fourth-order valence-corrected chi connectivity index (χ4v) is 1.79. The monoisotopic (exact) mass is 266 g/mol. The van der Waals surface area contributed by atoms with Gasteiger partial charge >= 0.3 is 13.1 Å². The Morgan fingerprint density at radius 1 is 1.35 bits per heavy atom. The molecule has 1 rings (SSSR count). The van der Waals surface area contributed by atoms with E-state index >= 15 is 0 Å². The van der Waals surface area contributed by atoms with E-state index in [1.165, 1.54) is 6.07 Å². The predicted octanol–water partition coefficient (Wildman–Crippen LogP) is 3.15. The lowest BCUT2D eigenvalue weighted by Crippen LogP contribution is -2.31. The standard InChI is InChI=1S/C9H12BF3NO2S/c1-9(2,3)16-8(15)14-7-5-4-6(17-7)10(11,12)13/h4-5H,1-3H3,(H,14,15)/q-1. The van der Waals surface area contributed by atoms with Gasteiger partial charge in [-0.3, -0.25) is 5.32 Å². The molecular formula is C9H12BF3NO2S-. The van der Waals surface area contributed by atoms with Crippen LogP contribution < -0.4 is 10.1 Å². The smallest absolute Gasteiger partial charge is 0.444 e. The highest BCUT2D eigenvalue weighted by atomic mass is 32.1. The third-order valence-electron chi connectivity index (χ3n) is 1.57. The van der Waals surface area contributed by atoms with Crippen LogP contribution in [0.1, 0.15) is 20.8 Å². The molecule has 0 unspecified atom stereocenters. The van der Waals surface area contributed by atoms with Crippen LogP contribution in [0.25, 0.3) is 0 Å². The molecule has 0 fully saturated rings. The quantitative estimate of drug-likeness (QED) is 0.835. The molecule has 0 radical (unpaired) electrons. The third-order valence-corrected chi connectivity index (χ3v) is 2.67. The van der Waals surface area contributed by atoms with E-state index in [1.54, 1.807) is 20.8 Å². The zero-order valence-corrected chi connectivity index (χ0v) is 10.4. The summed E-state index contributed by atoms with van der Waals surface area (Å²) < 4.78 is 41.2. The molecule has 1 amide bonds. The molecule has 17 heavy (non-hydrogen) atoms. The van der Waals surface area contributed by atoms with Crippen molar-refractivity contribution in [1.82, 2.24) is 0 Å². The van der Waals surface area contributed by atoms with E-state index in [1.807, 2.05) is 0 Å². The molecule has 3 nitrogen and oxygen atoms in total. The first-order valence-electron chi connectivity index (χ1n) is 4.87. The van der Waals surface area contributed by atoms with Crippen LogP contribution in [0.3, 0.4) is 0 Å². The summed E-state index contributed by atoms with van der Waals surface area (Å²) >= 11 is 0.485. The Morgan fingerprint density at radius 3 is 2.35 bits per heavy atom. The molecule has 1 aromatic rings. The van der Waals surface area contributed by atoms with Gasteiger partial charge in [0.1, 0.15) is 5.60 Å². The first-order valence-corrected chi connectivity index (χ1v) is 5.69. The summed E-state index contributed by atoms with van der Waals surface area (Å²) in [4.78, 5) is 11.3. The van der Waals surface area contributed by atoms with Crippen LogP contribution in [0, 0.1) is 0 Å². The summed E-state index contributed by atoms with van der Waals surface area (Å²) in [6, 6.07) is 2.15. The number of rotatable bonds is 2. The molecular weight excluding hydrogens is 254 g/mol. The first-order chi connectivity index (χ1) is 7.58. The SMILES string of the molecule is CC(C)(C)OC(=O)Nc1ccc([B-](F)(F)F)s1. The van der Waals surface area contributed by atoms with E-state index in [4.69, 9.17) is 4.74 Å². The second kappa shape index (κ2) is 4.60. The van der Waals surface area contributed by atoms with Gasteiger partial charge in [-0.05, 0) is 26.8 Å². The van der Waals surface area contributed by atoms with Gasteiger partial charge in [0.15, 0.2) is 0 Å². The number of anilines is 1. The van der Waals surface area contributed by atoms with Gasteiger partial charge < -0.3 is 17.7 Å². The zero-order valence-electron chi connectivity index (χ0n) is 9.59. The molecule has 0 aliphatic heterocycles. The lowest BCUT2D eigenvalue weighted by molar-refractivity contribution is 0.0636. The number of halogens is 3. The molecule has 96 valence electrons. The first kappa shape index (κ1) is 13.9. The van der Waals surface area contributed by atoms with E-state index in [0.717, 1.165) is 6.07 Å². The number of ether oxygens (including phenoxy) is 1. The van der Waals surface area contributed by atoms with Crippen molar-refractivity contribution >= 4 is 34.2 Å². The Hall–Kier alpha value is -1.18. The summed E-state index contributed by atoms with van der Waals surface area (Å²) in [6.45, 7) is -0.00182. The van der Waals surface area contributed by atoms with Crippen LogP contribution in [-0.4, -0.2) is 18.7 Å². The van der Waals surface area contributed by atoms with Crippen LogP contribution >= 0.6 is 11.3 Å². The molecule has 0 atom stereocenters. The van der Waals surface area contributed by atoms with Crippen molar-refractivity contribution in [2.45, 2.75) is 26.4 Å². The van der Waals surface area contributed by atoms with Crippen molar-refractivity contribution < 1.29 is 22.5 Å². The molecule has 0 aliphatic rings. The number of hydrogen-bond donors (Lipinski definition) is 1. The largest absolute Gasteiger partial charge is 0.519 e. The second-order valence-electron chi connectivity index (χ2n) is 4.40. The minimum absolute atomic E-state index is 0.119. The maximum Gasteiger partial charge on any atom is 0.519 e. The highest BCUT2D eigenvalue weighted by Gasteiger charge is 2.27. The van der Waals surface area contributed by atoms with Crippen LogP contribution in [0.4, 0.5) is 22.7 Å². The van der Waals surface area contributed by atoms with Crippen LogP contribution in [-0.2, 0) is 4.74 Å². The Morgan fingerprint density at radius 2 is 1.94 bits per heavy atom. The van der Waals surface area contributed by atoms with Crippen molar-refractivity contribution in [3.05, 3.63) is 12.1 Å². The number of amides is 1. The highest BCUT2D eigenvalue weighted by molar-refractivity contribution is 7.27. The molecule has 0 saturated heterocycles. The summed E-state index contributed by atoms with van der Waals surface area (Å²) in [5.41, 5.74) is -0.682. The summed E-state index contributed by atoms with van der Waals surface area (Å²) in [6.07, 6.45) is -0.763. The van der Waals surface area contributed by atoms with Crippen LogP contribution in [0.15, 0.2) is 12.1 Å². The molecule has 0 spiro atoms. The molecule has 0 saturated carbocycles. The zero-order chi connectivity index (χ0) is 13.3. The topological polar surface area (TPSA) is 38.3 Å². The van der Waals surface area contributed by atoms with Crippen LogP contribution in [0.2, 0.25) is 0 Å². The van der Waals surface area contributed by atoms with Gasteiger partial charge in [-0.2, -0.15) is 11.3 Å². The van der Waals surface area contributed by atoms with E-state index in [-0.39, 0.29) is 5.00 Å². The van der Waals surface area contributed by atoms with E-state index < -0.39 is 23.4 Å². The Bertz CT molecular complexity index is 411. The molecule has 1 N–H and O–H groups in total. The van der Waals surface area contributed by atoms with Gasteiger partial charge in [-0.15, -0.1) is 0 Å². The lowest BCUT2D eigenvalue weighted by atomic mass is 9.90. The van der Waals surface area contributed by atoms with Crippen molar-refractivity contribution in [3.8, 4) is 0 Å². The molecule has 8 heteroatoms. The second-order valence-corrected chi connectivity index (χ2v) is 5.52. The minimum atomic E-state index is -5.02. The number of carbonyl (C=O) groups excluding carboxylic acids is 1. The van der Waals surface area contributed by atoms with Gasteiger partial charge in [0.2, 0.25) is 0 Å². The molecule has 0 aromatic carbocycles. The summed E-state index contributed by atoms with van der Waals surface area (Å²) in [5.74, 6) is 0. The van der Waals surface area contributed by atoms with E-state index in [2.05, 4.69) is 5.32 Å². The van der Waals surface area contributed by atoms with Gasteiger partial charge in [-0.25, -0.2) is 4.79 Å². The predicted molar refractivity (Wildman–Crippen MR) is 62.9 cm³/mol. The van der Waals surface area contributed by atoms with Gasteiger partial charge in [0.25, 0.3) is 0 Å². The van der Waals surface area contributed by atoms with Crippen molar-refractivity contribution in [2.24, 2.45) is 0 Å². The average molecular weight is 266 g/mol. The summed E-state index contributed by atoms with van der Waals surface area (Å²) in [7, 11) is 0. The average Bonchev–Trinajstić information content (AvgIpc) is 2.47. The maximum absolute atomic E-state index is 12.3. The minimum Gasteiger partial charge on any atom is -0.444 e. The number of thiophene rings is 1. The van der Waals surface area contributed by atoms with Crippen molar-refractivity contribution in [2.75, 3.05) is 5.32 Å². The Labute approximate surface area is 101 Å². The third kappa shape index (κ3) is 4.68. The number of hydrogen-bond acceptors (Lipinski definition) is 3.